The first-order chi connectivity index (χ1) is 9.49. The summed E-state index contributed by atoms with van der Waals surface area (Å²) in [4.78, 5) is 33.1. The first-order valence-electron chi connectivity index (χ1n) is 6.01. The van der Waals surface area contributed by atoms with Crippen molar-refractivity contribution in [2.45, 2.75) is 6.92 Å². The Morgan fingerprint density at radius 3 is 2.70 bits per heavy atom. The Kier molecular flexibility index (Phi) is 6.18. The smallest absolute Gasteiger partial charge is 0.319 e. The van der Waals surface area contributed by atoms with Gasteiger partial charge in [-0.05, 0) is 19.1 Å². The van der Waals surface area contributed by atoms with Crippen molar-refractivity contribution < 1.29 is 19.1 Å². The summed E-state index contributed by atoms with van der Waals surface area (Å²) >= 11 is 0. The molecule has 0 fully saturated rings. The highest BCUT2D eigenvalue weighted by molar-refractivity contribution is 5.96. The van der Waals surface area contributed by atoms with Crippen LogP contribution in [0.4, 0.5) is 10.5 Å². The molecule has 0 atom stereocenters. The second-order valence-electron chi connectivity index (χ2n) is 4.04. The van der Waals surface area contributed by atoms with Crippen molar-refractivity contribution >= 4 is 23.4 Å². The minimum absolute atomic E-state index is 0.0751. The van der Waals surface area contributed by atoms with Crippen molar-refractivity contribution in [3.05, 3.63) is 29.8 Å². The van der Waals surface area contributed by atoms with Gasteiger partial charge < -0.3 is 21.1 Å². The Morgan fingerprint density at radius 1 is 1.30 bits per heavy atom. The van der Waals surface area contributed by atoms with E-state index in [0.29, 0.717) is 11.3 Å². The third-order valence-electron chi connectivity index (χ3n) is 2.30. The number of carbonyl (C=O) groups is 3. The summed E-state index contributed by atoms with van der Waals surface area (Å²) in [6, 6.07) is 6.19. The lowest BCUT2D eigenvalue weighted by molar-refractivity contribution is -0.122. The van der Waals surface area contributed by atoms with Crippen molar-refractivity contribution in [3.63, 3.8) is 0 Å². The van der Waals surface area contributed by atoms with Gasteiger partial charge in [0, 0.05) is 17.8 Å². The van der Waals surface area contributed by atoms with Crippen LogP contribution in [0.15, 0.2) is 24.3 Å². The lowest BCUT2D eigenvalue weighted by Gasteiger charge is -2.08. The Bertz CT molecular complexity index is 502. The van der Waals surface area contributed by atoms with E-state index in [2.05, 4.69) is 10.6 Å². The summed E-state index contributed by atoms with van der Waals surface area (Å²) in [5, 5.41) is 5.13. The Balaban J connectivity index is 2.33. The van der Waals surface area contributed by atoms with Crippen molar-refractivity contribution in [2.24, 2.45) is 5.73 Å². The molecule has 0 aromatic heterocycles. The normalized spacial score (nSPS) is 9.85. The molecule has 0 saturated carbocycles. The van der Waals surface area contributed by atoms with Crippen LogP contribution in [0, 0.1) is 0 Å². The average Bonchev–Trinajstić information content (AvgIpc) is 2.38. The van der Waals surface area contributed by atoms with Gasteiger partial charge in [0.2, 0.25) is 5.91 Å². The third kappa shape index (κ3) is 5.96. The van der Waals surface area contributed by atoms with Crippen LogP contribution in [0.1, 0.15) is 17.3 Å². The summed E-state index contributed by atoms with van der Waals surface area (Å²) in [7, 11) is 0. The van der Waals surface area contributed by atoms with Gasteiger partial charge in [0.25, 0.3) is 0 Å². The minimum atomic E-state index is -0.560. The molecule has 0 radical (unpaired) electrons. The number of urea groups is 1. The number of Topliss-reactive ketones (excluding diaryl/α,β-unsaturated/α-hetero) is 1. The van der Waals surface area contributed by atoms with E-state index in [0.717, 1.165) is 0 Å². The molecule has 1 aromatic carbocycles. The number of rotatable bonds is 7. The number of hydrogen-bond acceptors (Lipinski definition) is 4. The van der Waals surface area contributed by atoms with E-state index in [-0.39, 0.29) is 25.5 Å². The molecule has 108 valence electrons. The van der Waals surface area contributed by atoms with E-state index in [1.807, 2.05) is 0 Å². The molecule has 0 spiro atoms. The van der Waals surface area contributed by atoms with E-state index in [1.165, 1.54) is 6.92 Å². The highest BCUT2D eigenvalue weighted by Crippen LogP contribution is 2.10. The van der Waals surface area contributed by atoms with Crippen LogP contribution in [-0.4, -0.2) is 37.5 Å². The molecule has 4 N–H and O–H groups in total. The first-order valence-corrected chi connectivity index (χ1v) is 6.01. The Hall–Kier alpha value is -2.41. The van der Waals surface area contributed by atoms with Crippen molar-refractivity contribution in [3.8, 4) is 0 Å². The molecule has 0 bridgehead atoms. The fourth-order valence-electron chi connectivity index (χ4n) is 1.40. The molecule has 0 saturated heterocycles. The van der Waals surface area contributed by atoms with E-state index in [4.69, 9.17) is 10.5 Å². The van der Waals surface area contributed by atoms with Gasteiger partial charge in [0.05, 0.1) is 6.61 Å². The van der Waals surface area contributed by atoms with E-state index < -0.39 is 11.9 Å². The highest BCUT2D eigenvalue weighted by Gasteiger charge is 2.04. The number of anilines is 1. The number of primary amides is 1. The number of hydrogen-bond donors (Lipinski definition) is 3. The number of nitrogens with two attached hydrogens (primary N) is 1. The molecule has 20 heavy (non-hydrogen) atoms. The number of ether oxygens (including phenoxy) is 1. The highest BCUT2D eigenvalue weighted by atomic mass is 16.5. The summed E-state index contributed by atoms with van der Waals surface area (Å²) in [6.07, 6.45) is 0. The maximum atomic E-state index is 11.5. The fourth-order valence-corrected chi connectivity index (χ4v) is 1.40. The molecule has 0 aliphatic carbocycles. The Labute approximate surface area is 116 Å². The van der Waals surface area contributed by atoms with Crippen LogP contribution in [0.5, 0.6) is 0 Å². The number of ketones is 1. The molecule has 0 unspecified atom stereocenters. The number of nitrogens with one attached hydrogen (secondary N) is 2. The number of carbonyl (C=O) groups excluding carboxylic acids is 3. The van der Waals surface area contributed by atoms with Gasteiger partial charge in [-0.15, -0.1) is 0 Å². The van der Waals surface area contributed by atoms with Gasteiger partial charge in [-0.3, -0.25) is 9.59 Å². The van der Waals surface area contributed by atoms with Gasteiger partial charge in [0.1, 0.15) is 6.61 Å². The Morgan fingerprint density at radius 2 is 2.05 bits per heavy atom. The van der Waals surface area contributed by atoms with E-state index in [9.17, 15) is 14.4 Å². The maximum Gasteiger partial charge on any atom is 0.319 e. The van der Waals surface area contributed by atoms with Crippen LogP contribution in [0.2, 0.25) is 0 Å². The first kappa shape index (κ1) is 15.6. The van der Waals surface area contributed by atoms with Crippen LogP contribution in [0.25, 0.3) is 0 Å². The molecule has 7 heteroatoms. The molecular formula is C13H17N3O4. The molecule has 7 nitrogen and oxygen atoms in total. The van der Waals surface area contributed by atoms with Crippen molar-refractivity contribution in [1.29, 1.82) is 0 Å². The fraction of sp³-hybridized carbons (Fsp3) is 0.308. The van der Waals surface area contributed by atoms with E-state index >= 15 is 0 Å². The van der Waals surface area contributed by atoms with Crippen molar-refractivity contribution in [2.75, 3.05) is 25.1 Å². The zero-order valence-corrected chi connectivity index (χ0v) is 11.1. The summed E-state index contributed by atoms with van der Waals surface area (Å²) in [5.74, 6) is -0.635. The molecule has 0 aliphatic heterocycles. The monoisotopic (exact) mass is 279 g/mol. The lowest BCUT2D eigenvalue weighted by Crippen LogP contribution is -2.32. The number of benzene rings is 1. The molecule has 1 aromatic rings. The average molecular weight is 279 g/mol. The predicted molar refractivity (Wildman–Crippen MR) is 73.5 cm³/mol. The summed E-state index contributed by atoms with van der Waals surface area (Å²) in [5.41, 5.74) is 5.93. The van der Waals surface area contributed by atoms with Crippen LogP contribution in [-0.2, 0) is 9.53 Å². The third-order valence-corrected chi connectivity index (χ3v) is 2.30. The quantitative estimate of drug-likeness (QED) is 0.499. The van der Waals surface area contributed by atoms with Gasteiger partial charge in [-0.2, -0.15) is 0 Å². The summed E-state index contributed by atoms with van der Waals surface area (Å²) in [6.45, 7) is 1.70. The molecule has 1 rings (SSSR count). The van der Waals surface area contributed by atoms with Gasteiger partial charge in [-0.25, -0.2) is 4.79 Å². The van der Waals surface area contributed by atoms with Crippen LogP contribution >= 0.6 is 0 Å². The van der Waals surface area contributed by atoms with Crippen molar-refractivity contribution in [1.82, 2.24) is 5.32 Å². The SMILES string of the molecule is CC(=O)c1cccc(NC(=O)NCCOCC(N)=O)c1. The van der Waals surface area contributed by atoms with Gasteiger partial charge in [0.15, 0.2) is 5.78 Å². The zero-order chi connectivity index (χ0) is 15.0. The van der Waals surface area contributed by atoms with E-state index in [1.54, 1.807) is 24.3 Å². The lowest BCUT2D eigenvalue weighted by atomic mass is 10.1. The zero-order valence-electron chi connectivity index (χ0n) is 11.1. The second kappa shape index (κ2) is 7.90. The minimum Gasteiger partial charge on any atom is -0.370 e. The molecule has 0 aliphatic rings. The van der Waals surface area contributed by atoms with Crippen LogP contribution in [0.3, 0.4) is 0 Å². The molecular weight excluding hydrogens is 262 g/mol. The number of amides is 3. The largest absolute Gasteiger partial charge is 0.370 e. The maximum absolute atomic E-state index is 11.5. The predicted octanol–water partition coefficient (Wildman–Crippen LogP) is 0.513. The van der Waals surface area contributed by atoms with Gasteiger partial charge >= 0.3 is 6.03 Å². The molecule has 0 heterocycles. The second-order valence-corrected chi connectivity index (χ2v) is 4.04. The molecule has 3 amide bonds. The van der Waals surface area contributed by atoms with Crippen LogP contribution < -0.4 is 16.4 Å². The van der Waals surface area contributed by atoms with Gasteiger partial charge in [-0.1, -0.05) is 12.1 Å². The standard InChI is InChI=1S/C13H17N3O4/c1-9(17)10-3-2-4-11(7-10)16-13(19)15-5-6-20-8-12(14)18/h2-4,7H,5-6,8H2,1H3,(H2,14,18)(H2,15,16,19). The summed E-state index contributed by atoms with van der Waals surface area (Å²) < 4.78 is 4.88. The topological polar surface area (TPSA) is 111 Å².